The number of anilines is 1. The van der Waals surface area contributed by atoms with E-state index in [9.17, 15) is 0 Å². The predicted molar refractivity (Wildman–Crippen MR) is 82.7 cm³/mol. The molecule has 2 rings (SSSR count). The molecule has 1 aromatic heterocycles. The van der Waals surface area contributed by atoms with E-state index in [-0.39, 0.29) is 12.1 Å². The Morgan fingerprint density at radius 3 is 2.80 bits per heavy atom. The van der Waals surface area contributed by atoms with Crippen molar-refractivity contribution in [1.82, 2.24) is 20.2 Å². The van der Waals surface area contributed by atoms with Crippen LogP contribution in [0.5, 0.6) is 0 Å². The zero-order valence-corrected chi connectivity index (χ0v) is 13.1. The van der Waals surface area contributed by atoms with Crippen LogP contribution in [0, 0.1) is 0 Å². The highest BCUT2D eigenvalue weighted by Gasteiger charge is 2.18. The van der Waals surface area contributed by atoms with Gasteiger partial charge in [-0.05, 0) is 37.6 Å². The first-order valence-corrected chi connectivity index (χ1v) is 7.21. The van der Waals surface area contributed by atoms with Gasteiger partial charge in [-0.1, -0.05) is 15.9 Å². The lowest BCUT2D eigenvalue weighted by molar-refractivity contribution is 0.469. The minimum Gasteiger partial charge on any atom is -0.398 e. The Morgan fingerprint density at radius 2 is 2.15 bits per heavy atom. The number of nitrogens with two attached hydrogens (primary N) is 2. The van der Waals surface area contributed by atoms with E-state index >= 15 is 0 Å². The van der Waals surface area contributed by atoms with E-state index in [1.165, 1.54) is 0 Å². The summed E-state index contributed by atoms with van der Waals surface area (Å²) in [7, 11) is 0. The molecule has 0 aliphatic carbocycles. The standard InChI is InChI=1S/C13H19BrN6/c1-8(2)20-13(17-7-18-20)6-12(19-16)10-5-9(14)3-4-11(10)15/h3-5,7-8,12,19H,6,15-16H2,1-2H3. The maximum absolute atomic E-state index is 6.03. The molecule has 0 amide bonds. The summed E-state index contributed by atoms with van der Waals surface area (Å²) in [6.07, 6.45) is 2.18. The third-order valence-corrected chi connectivity index (χ3v) is 3.64. The van der Waals surface area contributed by atoms with Crippen molar-refractivity contribution < 1.29 is 0 Å². The number of hydrogen-bond acceptors (Lipinski definition) is 5. The van der Waals surface area contributed by atoms with Crippen molar-refractivity contribution in [1.29, 1.82) is 0 Å². The van der Waals surface area contributed by atoms with Gasteiger partial charge in [0.1, 0.15) is 12.2 Å². The molecule has 2 aromatic rings. The van der Waals surface area contributed by atoms with Gasteiger partial charge in [0.05, 0.1) is 6.04 Å². The molecule has 0 spiro atoms. The molecule has 5 N–H and O–H groups in total. The molecule has 20 heavy (non-hydrogen) atoms. The molecule has 1 heterocycles. The number of halogens is 1. The highest BCUT2D eigenvalue weighted by atomic mass is 79.9. The monoisotopic (exact) mass is 338 g/mol. The molecular formula is C13H19BrN6. The van der Waals surface area contributed by atoms with Crippen LogP contribution in [0.4, 0.5) is 5.69 Å². The summed E-state index contributed by atoms with van der Waals surface area (Å²) in [5.74, 6) is 6.57. The number of nitrogens with zero attached hydrogens (tertiary/aromatic N) is 3. The summed E-state index contributed by atoms with van der Waals surface area (Å²) < 4.78 is 2.85. The van der Waals surface area contributed by atoms with Gasteiger partial charge in [-0.3, -0.25) is 11.3 Å². The van der Waals surface area contributed by atoms with Gasteiger partial charge in [-0.2, -0.15) is 5.10 Å². The van der Waals surface area contributed by atoms with Crippen LogP contribution in [-0.4, -0.2) is 14.8 Å². The number of rotatable bonds is 5. The Kier molecular flexibility index (Phi) is 4.74. The second-order valence-corrected chi connectivity index (χ2v) is 5.83. The Morgan fingerprint density at radius 1 is 1.40 bits per heavy atom. The van der Waals surface area contributed by atoms with Crippen molar-refractivity contribution in [3.8, 4) is 0 Å². The van der Waals surface area contributed by atoms with Crippen molar-refractivity contribution in [2.75, 3.05) is 5.73 Å². The Bertz CT molecular complexity index is 580. The largest absolute Gasteiger partial charge is 0.398 e. The average molecular weight is 339 g/mol. The summed E-state index contributed by atoms with van der Waals surface area (Å²) in [6.45, 7) is 4.13. The van der Waals surface area contributed by atoms with E-state index in [2.05, 4.69) is 45.3 Å². The van der Waals surface area contributed by atoms with Gasteiger partial charge >= 0.3 is 0 Å². The van der Waals surface area contributed by atoms with Crippen molar-refractivity contribution in [3.63, 3.8) is 0 Å². The van der Waals surface area contributed by atoms with Crippen LogP contribution in [0.3, 0.4) is 0 Å². The molecule has 1 atom stereocenters. The first-order valence-electron chi connectivity index (χ1n) is 6.42. The molecule has 0 aliphatic heterocycles. The molecule has 6 nitrogen and oxygen atoms in total. The summed E-state index contributed by atoms with van der Waals surface area (Å²) >= 11 is 3.45. The van der Waals surface area contributed by atoms with E-state index < -0.39 is 0 Å². The molecular weight excluding hydrogens is 320 g/mol. The fraction of sp³-hybridized carbons (Fsp3) is 0.385. The zero-order chi connectivity index (χ0) is 14.7. The van der Waals surface area contributed by atoms with Gasteiger partial charge in [-0.25, -0.2) is 9.67 Å². The SMILES string of the molecule is CC(C)n1ncnc1CC(NN)c1cc(Br)ccc1N. The van der Waals surface area contributed by atoms with E-state index in [1.54, 1.807) is 6.33 Å². The van der Waals surface area contributed by atoms with Crippen molar-refractivity contribution in [3.05, 3.63) is 40.4 Å². The average Bonchev–Trinajstić information content (AvgIpc) is 2.87. The molecule has 1 unspecified atom stereocenters. The number of hydrazine groups is 1. The van der Waals surface area contributed by atoms with Crippen LogP contribution in [0.1, 0.15) is 37.3 Å². The number of nitrogens with one attached hydrogen (secondary N) is 1. The van der Waals surface area contributed by atoms with Gasteiger partial charge in [-0.15, -0.1) is 0 Å². The predicted octanol–water partition coefficient (Wildman–Crippen LogP) is 1.95. The second kappa shape index (κ2) is 6.34. The van der Waals surface area contributed by atoms with Crippen LogP contribution < -0.4 is 17.0 Å². The smallest absolute Gasteiger partial charge is 0.138 e. The van der Waals surface area contributed by atoms with Gasteiger partial charge in [0.2, 0.25) is 0 Å². The minimum atomic E-state index is -0.116. The maximum atomic E-state index is 6.03. The molecule has 0 bridgehead atoms. The Labute approximate surface area is 126 Å². The Hall–Kier alpha value is -1.44. The molecule has 0 saturated heterocycles. The third kappa shape index (κ3) is 3.17. The summed E-state index contributed by atoms with van der Waals surface area (Å²) in [5.41, 5.74) is 10.5. The topological polar surface area (TPSA) is 94.8 Å². The van der Waals surface area contributed by atoms with Crippen molar-refractivity contribution in [2.24, 2.45) is 5.84 Å². The van der Waals surface area contributed by atoms with E-state index in [0.29, 0.717) is 12.1 Å². The van der Waals surface area contributed by atoms with Crippen molar-refractivity contribution >= 4 is 21.6 Å². The molecule has 0 fully saturated rings. The van der Waals surface area contributed by atoms with Crippen LogP contribution in [0.2, 0.25) is 0 Å². The fourth-order valence-electron chi connectivity index (χ4n) is 2.14. The van der Waals surface area contributed by atoms with Gasteiger partial charge in [0.25, 0.3) is 0 Å². The zero-order valence-electron chi connectivity index (χ0n) is 11.5. The normalized spacial score (nSPS) is 12.8. The number of nitrogen functional groups attached to an aromatic ring is 1. The molecule has 7 heteroatoms. The minimum absolute atomic E-state index is 0.116. The van der Waals surface area contributed by atoms with Crippen LogP contribution in [-0.2, 0) is 6.42 Å². The summed E-state index contributed by atoms with van der Waals surface area (Å²) in [5, 5.41) is 4.23. The quantitative estimate of drug-likeness (QED) is 0.440. The van der Waals surface area contributed by atoms with Crippen LogP contribution in [0.15, 0.2) is 29.0 Å². The summed E-state index contributed by atoms with van der Waals surface area (Å²) in [6, 6.07) is 5.87. The molecule has 108 valence electrons. The fourth-order valence-corrected chi connectivity index (χ4v) is 2.52. The second-order valence-electron chi connectivity index (χ2n) is 4.91. The first kappa shape index (κ1) is 15.0. The van der Waals surface area contributed by atoms with Gasteiger partial charge in [0, 0.05) is 22.6 Å². The molecule has 1 aromatic carbocycles. The lowest BCUT2D eigenvalue weighted by atomic mass is 10.0. The maximum Gasteiger partial charge on any atom is 0.138 e. The van der Waals surface area contributed by atoms with E-state index in [4.69, 9.17) is 11.6 Å². The van der Waals surface area contributed by atoms with Crippen LogP contribution >= 0.6 is 15.9 Å². The third-order valence-electron chi connectivity index (χ3n) is 3.15. The van der Waals surface area contributed by atoms with Gasteiger partial charge in [0.15, 0.2) is 0 Å². The lowest BCUT2D eigenvalue weighted by Crippen LogP contribution is -2.31. The number of hydrogen-bond donors (Lipinski definition) is 3. The number of aromatic nitrogens is 3. The van der Waals surface area contributed by atoms with Gasteiger partial charge < -0.3 is 5.73 Å². The molecule has 0 aliphatic rings. The highest BCUT2D eigenvalue weighted by molar-refractivity contribution is 9.10. The Balaban J connectivity index is 2.29. The molecule has 0 saturated carbocycles. The van der Waals surface area contributed by atoms with Crippen LogP contribution in [0.25, 0.3) is 0 Å². The van der Waals surface area contributed by atoms with Crippen molar-refractivity contribution in [2.45, 2.75) is 32.4 Å². The first-order chi connectivity index (χ1) is 9.52. The highest BCUT2D eigenvalue weighted by Crippen LogP contribution is 2.26. The molecule has 0 radical (unpaired) electrons. The lowest BCUT2D eigenvalue weighted by Gasteiger charge is -2.19. The van der Waals surface area contributed by atoms with E-state index in [0.717, 1.165) is 15.9 Å². The van der Waals surface area contributed by atoms with E-state index in [1.807, 2.05) is 22.9 Å². The number of benzene rings is 1. The summed E-state index contributed by atoms with van der Waals surface area (Å²) in [4.78, 5) is 4.31.